The number of aryl methyl sites for hydroxylation is 1. The molecule has 0 aliphatic rings. The van der Waals surface area contributed by atoms with Gasteiger partial charge in [0.1, 0.15) is 5.52 Å². The van der Waals surface area contributed by atoms with Crippen molar-refractivity contribution in [1.29, 1.82) is 0 Å². The quantitative estimate of drug-likeness (QED) is 0.642. The Kier molecular flexibility index (Phi) is 4.05. The Bertz CT molecular complexity index is 814. The number of halogens is 1. The van der Waals surface area contributed by atoms with Gasteiger partial charge in [0.25, 0.3) is 0 Å². The summed E-state index contributed by atoms with van der Waals surface area (Å²) < 4.78 is 1.03. The van der Waals surface area contributed by atoms with E-state index in [1.54, 1.807) is 0 Å². The van der Waals surface area contributed by atoms with Crippen LogP contribution in [-0.4, -0.2) is 10.1 Å². The van der Waals surface area contributed by atoms with Gasteiger partial charge in [0, 0.05) is 5.69 Å². The van der Waals surface area contributed by atoms with Crippen LogP contribution in [0.3, 0.4) is 0 Å². The number of fused-ring (bicyclic) bond motifs is 1. The molecule has 0 fully saturated rings. The number of rotatable bonds is 2. The van der Waals surface area contributed by atoms with E-state index in [0.717, 1.165) is 21.0 Å². The zero-order valence-corrected chi connectivity index (χ0v) is 13.6. The van der Waals surface area contributed by atoms with Crippen LogP contribution in [0.2, 0.25) is 5.02 Å². The predicted octanol–water partition coefficient (Wildman–Crippen LogP) is 5.07. The van der Waals surface area contributed by atoms with E-state index in [-0.39, 0.29) is 0 Å². The van der Waals surface area contributed by atoms with Crippen molar-refractivity contribution in [3.05, 3.63) is 53.1 Å². The monoisotopic (exact) mass is 333 g/mol. The van der Waals surface area contributed by atoms with Gasteiger partial charge < -0.3 is 10.6 Å². The molecule has 0 amide bonds. The summed E-state index contributed by atoms with van der Waals surface area (Å²) in [6.07, 6.45) is 0. The molecular weight excluding hydrogens is 322 g/mol. The van der Waals surface area contributed by atoms with Crippen molar-refractivity contribution >= 4 is 61.3 Å². The van der Waals surface area contributed by atoms with Crippen molar-refractivity contribution < 1.29 is 0 Å². The van der Waals surface area contributed by atoms with Crippen LogP contribution in [0, 0.1) is 6.92 Å². The van der Waals surface area contributed by atoms with Gasteiger partial charge in [-0.1, -0.05) is 41.1 Å². The molecule has 2 N–H and O–H groups in total. The highest BCUT2D eigenvalue weighted by molar-refractivity contribution is 7.80. The fraction of sp³-hybridized carbons (Fsp3) is 0.0667. The van der Waals surface area contributed by atoms with Gasteiger partial charge in [-0.05, 0) is 49.0 Å². The third-order valence-corrected chi connectivity index (χ3v) is 4.31. The standard InChI is InChI=1S/C15H12ClN3S2/c1-9-4-2-5-10(8-9)17-14(20)19-15-18-13-11(16)6-3-7-12(13)21-15/h2-8H,1H3,(H2,17,18,19,20). The molecule has 3 nitrogen and oxygen atoms in total. The number of hydrogen-bond acceptors (Lipinski definition) is 3. The molecule has 1 heterocycles. The molecule has 0 spiro atoms. The van der Waals surface area contributed by atoms with E-state index in [0.29, 0.717) is 10.1 Å². The molecule has 1 aromatic heterocycles. The Morgan fingerprint density at radius 3 is 2.76 bits per heavy atom. The first-order chi connectivity index (χ1) is 10.1. The Morgan fingerprint density at radius 1 is 1.19 bits per heavy atom. The van der Waals surface area contributed by atoms with Gasteiger partial charge in [0.05, 0.1) is 9.72 Å². The fourth-order valence-corrected chi connectivity index (χ4v) is 3.40. The maximum atomic E-state index is 6.12. The summed E-state index contributed by atoms with van der Waals surface area (Å²) in [7, 11) is 0. The predicted molar refractivity (Wildman–Crippen MR) is 95.7 cm³/mol. The molecular formula is C15H12ClN3S2. The van der Waals surface area contributed by atoms with Crippen LogP contribution in [0.1, 0.15) is 5.56 Å². The first-order valence-electron chi connectivity index (χ1n) is 6.31. The summed E-state index contributed by atoms with van der Waals surface area (Å²) in [6.45, 7) is 2.04. The Hall–Kier alpha value is -1.69. The number of anilines is 2. The Morgan fingerprint density at radius 2 is 2.00 bits per heavy atom. The van der Waals surface area contributed by atoms with Crippen molar-refractivity contribution in [2.24, 2.45) is 0 Å². The van der Waals surface area contributed by atoms with Gasteiger partial charge in [-0.25, -0.2) is 4.98 Å². The highest BCUT2D eigenvalue weighted by atomic mass is 35.5. The number of benzene rings is 2. The minimum Gasteiger partial charge on any atom is -0.332 e. The average molecular weight is 334 g/mol. The molecule has 0 radical (unpaired) electrons. The highest BCUT2D eigenvalue weighted by Gasteiger charge is 2.08. The number of hydrogen-bond donors (Lipinski definition) is 2. The minimum atomic E-state index is 0.510. The Balaban J connectivity index is 1.75. The van der Waals surface area contributed by atoms with E-state index in [9.17, 15) is 0 Å². The smallest absolute Gasteiger partial charge is 0.190 e. The van der Waals surface area contributed by atoms with E-state index in [2.05, 4.69) is 15.6 Å². The van der Waals surface area contributed by atoms with Crippen LogP contribution >= 0.6 is 35.2 Å². The molecule has 0 unspecified atom stereocenters. The molecule has 106 valence electrons. The van der Waals surface area contributed by atoms with Gasteiger partial charge in [-0.2, -0.15) is 0 Å². The summed E-state index contributed by atoms with van der Waals surface area (Å²) in [6, 6.07) is 13.8. The van der Waals surface area contributed by atoms with Crippen LogP contribution < -0.4 is 10.6 Å². The van der Waals surface area contributed by atoms with Gasteiger partial charge in [0.15, 0.2) is 10.2 Å². The largest absolute Gasteiger partial charge is 0.332 e. The number of thiazole rings is 1. The molecule has 3 rings (SSSR count). The Labute approximate surface area is 137 Å². The van der Waals surface area contributed by atoms with Crippen LogP contribution in [0.15, 0.2) is 42.5 Å². The van der Waals surface area contributed by atoms with Gasteiger partial charge in [-0.3, -0.25) is 0 Å². The zero-order valence-electron chi connectivity index (χ0n) is 11.2. The second-order valence-corrected chi connectivity index (χ2v) is 6.40. The average Bonchev–Trinajstić information content (AvgIpc) is 2.82. The van der Waals surface area contributed by atoms with Gasteiger partial charge in [-0.15, -0.1) is 0 Å². The zero-order chi connectivity index (χ0) is 14.8. The summed E-state index contributed by atoms with van der Waals surface area (Å²) in [5.41, 5.74) is 2.92. The second-order valence-electron chi connectivity index (χ2n) is 4.55. The molecule has 0 aliphatic carbocycles. The SMILES string of the molecule is Cc1cccc(NC(=S)Nc2nc3c(Cl)cccc3s2)c1. The maximum Gasteiger partial charge on any atom is 0.190 e. The van der Waals surface area contributed by atoms with Gasteiger partial charge in [0.2, 0.25) is 0 Å². The van der Waals surface area contributed by atoms with E-state index in [4.69, 9.17) is 23.8 Å². The summed E-state index contributed by atoms with van der Waals surface area (Å²) in [5, 5.41) is 8.12. The van der Waals surface area contributed by atoms with Crippen molar-refractivity contribution in [2.75, 3.05) is 10.6 Å². The summed E-state index contributed by atoms with van der Waals surface area (Å²) >= 11 is 13.0. The first-order valence-corrected chi connectivity index (χ1v) is 7.92. The van der Waals surface area contributed by atoms with Crippen molar-refractivity contribution in [3.63, 3.8) is 0 Å². The number of aromatic nitrogens is 1. The lowest BCUT2D eigenvalue weighted by Crippen LogP contribution is -2.18. The molecule has 0 atom stereocenters. The minimum absolute atomic E-state index is 0.510. The van der Waals surface area contributed by atoms with Crippen molar-refractivity contribution in [2.45, 2.75) is 6.92 Å². The van der Waals surface area contributed by atoms with Gasteiger partial charge >= 0.3 is 0 Å². The second kappa shape index (κ2) is 5.97. The highest BCUT2D eigenvalue weighted by Crippen LogP contribution is 2.30. The van der Waals surface area contributed by atoms with Crippen LogP contribution in [0.4, 0.5) is 10.8 Å². The number of thiocarbonyl (C=S) groups is 1. The maximum absolute atomic E-state index is 6.12. The first kappa shape index (κ1) is 14.3. The third-order valence-electron chi connectivity index (χ3n) is 2.87. The lowest BCUT2D eigenvalue weighted by Gasteiger charge is -2.08. The van der Waals surface area contributed by atoms with E-state index in [1.165, 1.54) is 16.9 Å². The molecule has 2 aromatic carbocycles. The molecule has 0 aliphatic heterocycles. The molecule has 0 saturated heterocycles. The van der Waals surface area contributed by atoms with E-state index < -0.39 is 0 Å². The number of para-hydroxylation sites is 1. The number of nitrogens with one attached hydrogen (secondary N) is 2. The fourth-order valence-electron chi connectivity index (χ4n) is 1.95. The molecule has 0 bridgehead atoms. The topological polar surface area (TPSA) is 37.0 Å². The van der Waals surface area contributed by atoms with Crippen LogP contribution in [0.5, 0.6) is 0 Å². The van der Waals surface area contributed by atoms with E-state index in [1.807, 2.05) is 49.4 Å². The molecule has 21 heavy (non-hydrogen) atoms. The lowest BCUT2D eigenvalue weighted by molar-refractivity contribution is 1.45. The summed E-state index contributed by atoms with van der Waals surface area (Å²) in [5.74, 6) is 0. The molecule has 0 saturated carbocycles. The molecule has 3 aromatic rings. The van der Waals surface area contributed by atoms with Crippen LogP contribution in [-0.2, 0) is 0 Å². The lowest BCUT2D eigenvalue weighted by atomic mass is 10.2. The van der Waals surface area contributed by atoms with Crippen molar-refractivity contribution in [3.8, 4) is 0 Å². The summed E-state index contributed by atoms with van der Waals surface area (Å²) in [4.78, 5) is 4.46. The van der Waals surface area contributed by atoms with E-state index >= 15 is 0 Å². The molecule has 6 heteroatoms. The van der Waals surface area contributed by atoms with Crippen molar-refractivity contribution in [1.82, 2.24) is 4.98 Å². The number of nitrogens with zero attached hydrogens (tertiary/aromatic N) is 1. The third kappa shape index (κ3) is 3.32. The van der Waals surface area contributed by atoms with Crippen LogP contribution in [0.25, 0.3) is 10.2 Å². The normalized spacial score (nSPS) is 10.6.